The summed E-state index contributed by atoms with van der Waals surface area (Å²) in [6, 6.07) is 1.14. The summed E-state index contributed by atoms with van der Waals surface area (Å²) in [6.07, 6.45) is 5.11. The van der Waals surface area contributed by atoms with Crippen molar-refractivity contribution in [1.29, 1.82) is 0 Å². The molecule has 2 saturated heterocycles. The molecule has 0 bridgehead atoms. The van der Waals surface area contributed by atoms with Crippen LogP contribution in [-0.2, 0) is 4.79 Å². The van der Waals surface area contributed by atoms with Gasteiger partial charge in [0.2, 0.25) is 0 Å². The molecule has 0 aromatic heterocycles. The average Bonchev–Trinajstić information content (AvgIpc) is 2.35. The van der Waals surface area contributed by atoms with Gasteiger partial charge in [0, 0.05) is 38.1 Å². The van der Waals surface area contributed by atoms with Gasteiger partial charge in [0.05, 0.1) is 0 Å². The number of piperazine rings is 1. The molecule has 2 aliphatic rings. The van der Waals surface area contributed by atoms with Crippen LogP contribution in [0.15, 0.2) is 0 Å². The average molecular weight is 240 g/mol. The lowest BCUT2D eigenvalue weighted by Gasteiger charge is -2.46. The Morgan fingerprint density at radius 3 is 2.94 bits per heavy atom. The summed E-state index contributed by atoms with van der Waals surface area (Å²) in [5.41, 5.74) is 0. The van der Waals surface area contributed by atoms with Gasteiger partial charge < -0.3 is 5.11 Å². The minimum absolute atomic E-state index is 0.298. The molecule has 0 saturated carbocycles. The monoisotopic (exact) mass is 240 g/mol. The molecule has 2 heterocycles. The molecular formula is C13H24N2O2. The van der Waals surface area contributed by atoms with Crippen LogP contribution >= 0.6 is 0 Å². The van der Waals surface area contributed by atoms with E-state index >= 15 is 0 Å². The topological polar surface area (TPSA) is 43.8 Å². The Hall–Kier alpha value is -0.610. The Kier molecular flexibility index (Phi) is 4.40. The van der Waals surface area contributed by atoms with Crippen molar-refractivity contribution in [2.24, 2.45) is 0 Å². The third kappa shape index (κ3) is 3.42. The normalized spacial score (nSPS) is 28.6. The largest absolute Gasteiger partial charge is 0.481 e. The van der Waals surface area contributed by atoms with Crippen molar-refractivity contribution in [3.8, 4) is 0 Å². The molecule has 0 amide bonds. The van der Waals surface area contributed by atoms with Crippen LogP contribution in [0.5, 0.6) is 0 Å². The SMILES string of the molecule is CC(CCC(=O)O)N1CCN2CCCCC2C1. The lowest BCUT2D eigenvalue weighted by Crippen LogP contribution is -2.56. The van der Waals surface area contributed by atoms with Gasteiger partial charge in [-0.05, 0) is 32.7 Å². The number of carboxylic acids is 1. The molecule has 0 aromatic carbocycles. The van der Waals surface area contributed by atoms with E-state index in [9.17, 15) is 4.79 Å². The van der Waals surface area contributed by atoms with Crippen molar-refractivity contribution < 1.29 is 9.90 Å². The minimum Gasteiger partial charge on any atom is -0.481 e. The third-order valence-corrected chi connectivity index (χ3v) is 4.27. The summed E-state index contributed by atoms with van der Waals surface area (Å²) < 4.78 is 0. The van der Waals surface area contributed by atoms with Crippen LogP contribution in [0.2, 0.25) is 0 Å². The zero-order valence-electron chi connectivity index (χ0n) is 10.8. The highest BCUT2D eigenvalue weighted by Gasteiger charge is 2.30. The van der Waals surface area contributed by atoms with Crippen LogP contribution in [0, 0.1) is 0 Å². The first kappa shape index (κ1) is 12.8. The van der Waals surface area contributed by atoms with E-state index in [1.54, 1.807) is 0 Å². The van der Waals surface area contributed by atoms with Gasteiger partial charge in [-0.25, -0.2) is 0 Å². The Morgan fingerprint density at radius 2 is 2.18 bits per heavy atom. The van der Waals surface area contributed by atoms with Crippen LogP contribution < -0.4 is 0 Å². The first-order valence-corrected chi connectivity index (χ1v) is 6.86. The van der Waals surface area contributed by atoms with Crippen molar-refractivity contribution in [3.63, 3.8) is 0 Å². The zero-order valence-corrected chi connectivity index (χ0v) is 10.8. The highest BCUT2D eigenvalue weighted by atomic mass is 16.4. The number of carbonyl (C=O) groups is 1. The highest BCUT2D eigenvalue weighted by Crippen LogP contribution is 2.22. The van der Waals surface area contributed by atoms with Crippen LogP contribution in [-0.4, -0.2) is 59.1 Å². The highest BCUT2D eigenvalue weighted by molar-refractivity contribution is 5.66. The van der Waals surface area contributed by atoms with Gasteiger partial charge in [-0.15, -0.1) is 0 Å². The molecule has 2 rings (SSSR count). The van der Waals surface area contributed by atoms with E-state index in [4.69, 9.17) is 5.11 Å². The number of carboxylic acid groups (broad SMARTS) is 1. The minimum atomic E-state index is -0.673. The second kappa shape index (κ2) is 5.83. The zero-order chi connectivity index (χ0) is 12.3. The summed E-state index contributed by atoms with van der Waals surface area (Å²) in [5, 5.41) is 8.72. The maximum atomic E-state index is 10.6. The molecule has 98 valence electrons. The second-order valence-corrected chi connectivity index (χ2v) is 5.46. The van der Waals surface area contributed by atoms with Gasteiger partial charge in [0.15, 0.2) is 0 Å². The van der Waals surface area contributed by atoms with Gasteiger partial charge >= 0.3 is 5.97 Å². The van der Waals surface area contributed by atoms with Gasteiger partial charge in [0.1, 0.15) is 0 Å². The first-order chi connectivity index (χ1) is 8.16. The van der Waals surface area contributed by atoms with E-state index in [0.717, 1.165) is 25.6 Å². The van der Waals surface area contributed by atoms with Crippen molar-refractivity contribution in [1.82, 2.24) is 9.80 Å². The summed E-state index contributed by atoms with van der Waals surface area (Å²) in [6.45, 7) is 6.85. The number of hydrogen-bond acceptors (Lipinski definition) is 3. The van der Waals surface area contributed by atoms with E-state index in [1.165, 1.54) is 32.4 Å². The van der Waals surface area contributed by atoms with Crippen molar-refractivity contribution >= 4 is 5.97 Å². The van der Waals surface area contributed by atoms with Gasteiger partial charge in [-0.3, -0.25) is 14.6 Å². The third-order valence-electron chi connectivity index (χ3n) is 4.27. The fraction of sp³-hybridized carbons (Fsp3) is 0.923. The maximum absolute atomic E-state index is 10.6. The summed E-state index contributed by atoms with van der Waals surface area (Å²) >= 11 is 0. The Labute approximate surface area is 104 Å². The molecular weight excluding hydrogens is 216 g/mol. The molecule has 4 heteroatoms. The van der Waals surface area contributed by atoms with E-state index in [0.29, 0.717) is 12.5 Å². The number of rotatable bonds is 4. The molecule has 0 spiro atoms. The molecule has 2 fully saturated rings. The summed E-state index contributed by atoms with van der Waals surface area (Å²) in [4.78, 5) is 15.7. The Bertz CT molecular complexity index is 270. The van der Waals surface area contributed by atoms with E-state index in [1.807, 2.05) is 0 Å². The number of aliphatic carboxylic acids is 1. The first-order valence-electron chi connectivity index (χ1n) is 6.86. The van der Waals surface area contributed by atoms with Crippen molar-refractivity contribution in [2.75, 3.05) is 26.2 Å². The van der Waals surface area contributed by atoms with Crippen LogP contribution in [0.3, 0.4) is 0 Å². The number of hydrogen-bond donors (Lipinski definition) is 1. The quantitative estimate of drug-likeness (QED) is 0.807. The predicted molar refractivity (Wildman–Crippen MR) is 67.1 cm³/mol. The number of fused-ring (bicyclic) bond motifs is 1. The second-order valence-electron chi connectivity index (χ2n) is 5.46. The Morgan fingerprint density at radius 1 is 1.35 bits per heavy atom. The fourth-order valence-electron chi connectivity index (χ4n) is 3.10. The van der Waals surface area contributed by atoms with Crippen molar-refractivity contribution in [3.05, 3.63) is 0 Å². The molecule has 2 unspecified atom stereocenters. The Balaban J connectivity index is 1.80. The molecule has 0 aliphatic carbocycles. The lowest BCUT2D eigenvalue weighted by molar-refractivity contribution is -0.137. The predicted octanol–water partition coefficient (Wildman–Crippen LogP) is 1.41. The standard InChI is InChI=1S/C13H24N2O2/c1-11(5-6-13(16)17)15-9-8-14-7-3-2-4-12(14)10-15/h11-12H,2-10H2,1H3,(H,16,17). The lowest BCUT2D eigenvalue weighted by atomic mass is 9.98. The fourth-order valence-corrected chi connectivity index (χ4v) is 3.10. The molecule has 4 nitrogen and oxygen atoms in total. The number of piperidine rings is 1. The summed E-state index contributed by atoms with van der Waals surface area (Å²) in [5.74, 6) is -0.673. The van der Waals surface area contributed by atoms with E-state index < -0.39 is 5.97 Å². The molecule has 0 aromatic rings. The van der Waals surface area contributed by atoms with Gasteiger partial charge in [0.25, 0.3) is 0 Å². The molecule has 2 atom stereocenters. The van der Waals surface area contributed by atoms with E-state index in [2.05, 4.69) is 16.7 Å². The molecule has 2 aliphatic heterocycles. The maximum Gasteiger partial charge on any atom is 0.303 e. The van der Waals surface area contributed by atoms with Crippen LogP contribution in [0.1, 0.15) is 39.0 Å². The summed E-state index contributed by atoms with van der Waals surface area (Å²) in [7, 11) is 0. The molecule has 1 N–H and O–H groups in total. The van der Waals surface area contributed by atoms with Crippen LogP contribution in [0.25, 0.3) is 0 Å². The van der Waals surface area contributed by atoms with Gasteiger partial charge in [-0.2, -0.15) is 0 Å². The van der Waals surface area contributed by atoms with Crippen LogP contribution in [0.4, 0.5) is 0 Å². The van der Waals surface area contributed by atoms with Crippen molar-refractivity contribution in [2.45, 2.75) is 51.1 Å². The van der Waals surface area contributed by atoms with Gasteiger partial charge in [-0.1, -0.05) is 6.42 Å². The molecule has 17 heavy (non-hydrogen) atoms. The van der Waals surface area contributed by atoms with E-state index in [-0.39, 0.29) is 0 Å². The molecule has 0 radical (unpaired) electrons. The smallest absolute Gasteiger partial charge is 0.303 e. The number of nitrogens with zero attached hydrogens (tertiary/aromatic N) is 2.